The highest BCUT2D eigenvalue weighted by molar-refractivity contribution is 5.18. The van der Waals surface area contributed by atoms with Crippen LogP contribution in [0.15, 0.2) is 6.20 Å². The van der Waals surface area contributed by atoms with E-state index in [0.717, 1.165) is 12.0 Å². The number of nitrogens with zero attached hydrogens (tertiary/aromatic N) is 2. The normalized spacial score (nSPS) is 15.7. The van der Waals surface area contributed by atoms with Gasteiger partial charge in [-0.1, -0.05) is 13.8 Å². The number of aliphatic hydroxyl groups is 1. The molecule has 0 saturated carbocycles. The second-order valence-corrected chi connectivity index (χ2v) is 4.61. The molecule has 2 atom stereocenters. The lowest BCUT2D eigenvalue weighted by atomic mass is 9.97. The lowest BCUT2D eigenvalue weighted by Gasteiger charge is -2.19. The summed E-state index contributed by atoms with van der Waals surface area (Å²) in [6.45, 7) is 6.13. The molecule has 0 aliphatic heterocycles. The molecule has 0 spiro atoms. The average molecular weight is 211 g/mol. The molecule has 3 N–H and O–H groups in total. The maximum atomic E-state index is 10.0. The van der Waals surface area contributed by atoms with E-state index in [9.17, 15) is 5.11 Å². The second-order valence-electron chi connectivity index (χ2n) is 4.61. The molecule has 1 aromatic heterocycles. The van der Waals surface area contributed by atoms with E-state index in [4.69, 9.17) is 5.73 Å². The average Bonchev–Trinajstić information content (AvgIpc) is 2.42. The minimum absolute atomic E-state index is 0.237. The van der Waals surface area contributed by atoms with Gasteiger partial charge >= 0.3 is 0 Å². The molecule has 1 rings (SSSR count). The Labute approximate surface area is 91.1 Å². The fourth-order valence-corrected chi connectivity index (χ4v) is 1.79. The Kier molecular flexibility index (Phi) is 3.88. The molecule has 86 valence electrons. The Bertz CT molecular complexity index is 320. The zero-order valence-corrected chi connectivity index (χ0v) is 9.94. The Morgan fingerprint density at radius 3 is 2.53 bits per heavy atom. The van der Waals surface area contributed by atoms with Gasteiger partial charge in [-0.3, -0.25) is 4.68 Å². The van der Waals surface area contributed by atoms with Gasteiger partial charge in [-0.2, -0.15) is 5.10 Å². The molecule has 0 aromatic carbocycles. The van der Waals surface area contributed by atoms with Gasteiger partial charge in [0.2, 0.25) is 0 Å². The molecule has 15 heavy (non-hydrogen) atoms. The van der Waals surface area contributed by atoms with Gasteiger partial charge in [-0.25, -0.2) is 0 Å². The fourth-order valence-electron chi connectivity index (χ4n) is 1.79. The van der Waals surface area contributed by atoms with Crippen molar-refractivity contribution in [3.05, 3.63) is 17.5 Å². The van der Waals surface area contributed by atoms with Crippen molar-refractivity contribution < 1.29 is 5.11 Å². The van der Waals surface area contributed by atoms with Gasteiger partial charge in [0.15, 0.2) is 0 Å². The molecular weight excluding hydrogens is 190 g/mol. The Hall–Kier alpha value is -0.870. The Morgan fingerprint density at radius 2 is 2.13 bits per heavy atom. The van der Waals surface area contributed by atoms with E-state index in [1.807, 2.05) is 20.2 Å². The summed E-state index contributed by atoms with van der Waals surface area (Å²) in [5.74, 6) is 0.485. The molecule has 0 saturated heterocycles. The highest BCUT2D eigenvalue weighted by Gasteiger charge is 2.22. The first-order valence-electron chi connectivity index (χ1n) is 5.35. The SMILES string of the molecule is Cc1cn(C)nc1C(O)C(N)CC(C)C. The maximum Gasteiger partial charge on any atom is 0.113 e. The molecule has 2 unspecified atom stereocenters. The van der Waals surface area contributed by atoms with E-state index >= 15 is 0 Å². The molecule has 0 fully saturated rings. The zero-order valence-electron chi connectivity index (χ0n) is 9.94. The maximum absolute atomic E-state index is 10.0. The van der Waals surface area contributed by atoms with E-state index in [2.05, 4.69) is 18.9 Å². The van der Waals surface area contributed by atoms with Crippen molar-refractivity contribution in [1.29, 1.82) is 0 Å². The second kappa shape index (κ2) is 4.77. The lowest BCUT2D eigenvalue weighted by Crippen LogP contribution is -2.30. The van der Waals surface area contributed by atoms with Crippen molar-refractivity contribution in [2.24, 2.45) is 18.7 Å². The van der Waals surface area contributed by atoms with E-state index in [1.54, 1.807) is 4.68 Å². The van der Waals surface area contributed by atoms with E-state index in [1.165, 1.54) is 0 Å². The molecule has 1 heterocycles. The summed E-state index contributed by atoms with van der Waals surface area (Å²) in [4.78, 5) is 0. The smallest absolute Gasteiger partial charge is 0.113 e. The number of nitrogens with two attached hydrogens (primary N) is 1. The number of rotatable bonds is 4. The quantitative estimate of drug-likeness (QED) is 0.785. The van der Waals surface area contributed by atoms with Crippen molar-refractivity contribution >= 4 is 0 Å². The number of hydrogen-bond donors (Lipinski definition) is 2. The predicted octanol–water partition coefficient (Wildman–Crippen LogP) is 1.14. The van der Waals surface area contributed by atoms with Crippen LogP contribution in [0.5, 0.6) is 0 Å². The van der Waals surface area contributed by atoms with Gasteiger partial charge < -0.3 is 10.8 Å². The summed E-state index contributed by atoms with van der Waals surface area (Å²) in [7, 11) is 1.84. The van der Waals surface area contributed by atoms with Crippen LogP contribution in [0, 0.1) is 12.8 Å². The molecule has 0 radical (unpaired) electrons. The fraction of sp³-hybridized carbons (Fsp3) is 0.727. The van der Waals surface area contributed by atoms with Gasteiger partial charge in [0.25, 0.3) is 0 Å². The van der Waals surface area contributed by atoms with E-state index in [0.29, 0.717) is 11.6 Å². The van der Waals surface area contributed by atoms with Crippen LogP contribution in [0.25, 0.3) is 0 Å². The molecule has 0 aliphatic rings. The van der Waals surface area contributed by atoms with Crippen molar-refractivity contribution in [3.8, 4) is 0 Å². The summed E-state index contributed by atoms with van der Waals surface area (Å²) in [5, 5.41) is 14.3. The van der Waals surface area contributed by atoms with Crippen LogP contribution in [0.2, 0.25) is 0 Å². The molecule has 4 nitrogen and oxygen atoms in total. The van der Waals surface area contributed by atoms with Gasteiger partial charge in [0.1, 0.15) is 6.10 Å². The predicted molar refractivity (Wildman–Crippen MR) is 60.3 cm³/mol. The zero-order chi connectivity index (χ0) is 11.6. The number of hydrogen-bond acceptors (Lipinski definition) is 3. The summed E-state index contributed by atoms with van der Waals surface area (Å²) in [5.41, 5.74) is 7.62. The summed E-state index contributed by atoms with van der Waals surface area (Å²) in [6, 6.07) is -0.237. The van der Waals surface area contributed by atoms with Crippen LogP contribution in [0.4, 0.5) is 0 Å². The largest absolute Gasteiger partial charge is 0.385 e. The first kappa shape index (κ1) is 12.2. The Balaban J connectivity index is 2.75. The minimum Gasteiger partial charge on any atom is -0.385 e. The van der Waals surface area contributed by atoms with Crippen LogP contribution in [-0.4, -0.2) is 20.9 Å². The van der Waals surface area contributed by atoms with Crippen molar-refractivity contribution in [3.63, 3.8) is 0 Å². The van der Waals surface area contributed by atoms with Gasteiger partial charge in [-0.15, -0.1) is 0 Å². The molecule has 0 aliphatic carbocycles. The van der Waals surface area contributed by atoms with Crippen molar-refractivity contribution in [1.82, 2.24) is 9.78 Å². The van der Waals surface area contributed by atoms with Crippen molar-refractivity contribution in [2.45, 2.75) is 39.3 Å². The van der Waals surface area contributed by atoms with Crippen molar-refractivity contribution in [2.75, 3.05) is 0 Å². The van der Waals surface area contributed by atoms with Gasteiger partial charge in [-0.05, 0) is 24.8 Å². The summed E-state index contributed by atoms with van der Waals surface area (Å²) >= 11 is 0. The van der Waals surface area contributed by atoms with Crippen LogP contribution >= 0.6 is 0 Å². The van der Waals surface area contributed by atoms with Gasteiger partial charge in [0.05, 0.1) is 5.69 Å². The first-order chi connectivity index (χ1) is 6.91. The van der Waals surface area contributed by atoms with Crippen LogP contribution in [0.3, 0.4) is 0 Å². The highest BCUT2D eigenvalue weighted by Crippen LogP contribution is 2.21. The van der Waals surface area contributed by atoms with Gasteiger partial charge in [0, 0.05) is 19.3 Å². The molecule has 1 aromatic rings. The Morgan fingerprint density at radius 1 is 1.53 bits per heavy atom. The molecule has 0 bridgehead atoms. The van der Waals surface area contributed by atoms with Crippen LogP contribution in [0.1, 0.15) is 37.6 Å². The van der Waals surface area contributed by atoms with Crippen LogP contribution < -0.4 is 5.73 Å². The lowest BCUT2D eigenvalue weighted by molar-refractivity contribution is 0.130. The highest BCUT2D eigenvalue weighted by atomic mass is 16.3. The van der Waals surface area contributed by atoms with Crippen LogP contribution in [-0.2, 0) is 7.05 Å². The molecule has 0 amide bonds. The third-order valence-electron chi connectivity index (χ3n) is 2.48. The molecule has 4 heteroatoms. The first-order valence-corrected chi connectivity index (χ1v) is 5.35. The summed E-state index contributed by atoms with van der Waals surface area (Å²) < 4.78 is 1.70. The van der Waals surface area contributed by atoms with E-state index < -0.39 is 6.10 Å². The third kappa shape index (κ3) is 3.04. The number of aliphatic hydroxyl groups excluding tert-OH is 1. The number of aryl methyl sites for hydroxylation is 2. The summed E-state index contributed by atoms with van der Waals surface area (Å²) in [6.07, 6.45) is 2.03. The third-order valence-corrected chi connectivity index (χ3v) is 2.48. The topological polar surface area (TPSA) is 64.1 Å². The minimum atomic E-state index is -0.659. The number of aromatic nitrogens is 2. The molecular formula is C11H21N3O. The standard InChI is InChI=1S/C11H21N3O/c1-7(2)5-9(12)11(15)10-8(3)6-14(4)13-10/h6-7,9,11,15H,5,12H2,1-4H3. The monoisotopic (exact) mass is 211 g/mol. The van der Waals surface area contributed by atoms with E-state index in [-0.39, 0.29) is 6.04 Å².